The molecule has 9 nitrogen and oxygen atoms in total. The quantitative estimate of drug-likeness (QED) is 0.420. The molecule has 2 aromatic rings. The molecule has 0 saturated heterocycles. The van der Waals surface area contributed by atoms with Crippen LogP contribution < -0.4 is 9.25 Å². The third-order valence-electron chi connectivity index (χ3n) is 2.87. The van der Waals surface area contributed by atoms with Crippen LogP contribution in [0.1, 0.15) is 0 Å². The standard InChI is InChI=1S/C13H12FN2O7PS/c14-10-1-7-13(8-2-10)25(21,22)15-9-24(19,20)23-12-5-3-11(4-6-12)16(17)18/h1-8,15H,9H2,(H,19,20). The Hall–Kier alpha value is -2.33. The first-order valence-corrected chi connectivity index (χ1v) is 9.85. The second-order valence-electron chi connectivity index (χ2n) is 4.74. The van der Waals surface area contributed by atoms with Crippen LogP contribution in [-0.2, 0) is 14.6 Å². The zero-order chi connectivity index (χ0) is 18.7. The summed E-state index contributed by atoms with van der Waals surface area (Å²) in [7, 11) is -8.55. The van der Waals surface area contributed by atoms with Gasteiger partial charge in [-0.3, -0.25) is 10.1 Å². The van der Waals surface area contributed by atoms with Crippen molar-refractivity contribution in [3.63, 3.8) is 0 Å². The molecule has 0 spiro atoms. The van der Waals surface area contributed by atoms with E-state index in [4.69, 9.17) is 4.52 Å². The van der Waals surface area contributed by atoms with Gasteiger partial charge in [0, 0.05) is 12.1 Å². The number of hydrogen-bond acceptors (Lipinski definition) is 6. The molecule has 2 aromatic carbocycles. The molecule has 0 amide bonds. The first kappa shape index (κ1) is 19.0. The van der Waals surface area contributed by atoms with Crippen LogP contribution in [0.2, 0.25) is 0 Å². The van der Waals surface area contributed by atoms with Gasteiger partial charge < -0.3 is 9.42 Å². The zero-order valence-corrected chi connectivity index (χ0v) is 14.1. The lowest BCUT2D eigenvalue weighted by molar-refractivity contribution is -0.384. The van der Waals surface area contributed by atoms with Crippen LogP contribution in [-0.4, -0.2) is 24.5 Å². The van der Waals surface area contributed by atoms with E-state index < -0.39 is 34.6 Å². The Morgan fingerprint density at radius 1 is 1.16 bits per heavy atom. The van der Waals surface area contributed by atoms with Gasteiger partial charge in [0.05, 0.1) is 9.82 Å². The second kappa shape index (κ2) is 7.28. The molecule has 1 unspecified atom stereocenters. The first-order valence-electron chi connectivity index (χ1n) is 6.60. The van der Waals surface area contributed by atoms with Crippen molar-refractivity contribution in [1.82, 2.24) is 4.72 Å². The van der Waals surface area contributed by atoms with E-state index in [-0.39, 0.29) is 16.3 Å². The normalized spacial score (nSPS) is 13.8. The minimum atomic E-state index is -4.41. The summed E-state index contributed by atoms with van der Waals surface area (Å²) in [5.41, 5.74) is -0.239. The minimum absolute atomic E-state index is 0.141. The van der Waals surface area contributed by atoms with E-state index in [1.165, 1.54) is 0 Å². The Labute approximate surface area is 141 Å². The van der Waals surface area contributed by atoms with E-state index in [1.54, 1.807) is 0 Å². The van der Waals surface area contributed by atoms with E-state index in [9.17, 15) is 32.4 Å². The summed E-state index contributed by atoms with van der Waals surface area (Å²) in [4.78, 5) is 19.3. The number of nitrogens with one attached hydrogen (secondary N) is 1. The number of halogens is 1. The van der Waals surface area contributed by atoms with E-state index in [2.05, 4.69) is 0 Å². The van der Waals surface area contributed by atoms with Gasteiger partial charge in [0.15, 0.2) is 0 Å². The van der Waals surface area contributed by atoms with Crippen molar-refractivity contribution in [2.45, 2.75) is 4.90 Å². The van der Waals surface area contributed by atoms with Crippen molar-refractivity contribution in [2.24, 2.45) is 0 Å². The second-order valence-corrected chi connectivity index (χ2v) is 8.28. The molecule has 134 valence electrons. The molecule has 0 bridgehead atoms. The zero-order valence-electron chi connectivity index (χ0n) is 12.4. The van der Waals surface area contributed by atoms with Crippen LogP contribution in [0, 0.1) is 15.9 Å². The fraction of sp³-hybridized carbons (Fsp3) is 0.0769. The molecule has 0 heterocycles. The third kappa shape index (κ3) is 5.33. The molecule has 0 saturated carbocycles. The highest BCUT2D eigenvalue weighted by Crippen LogP contribution is 2.41. The number of rotatable bonds is 7. The lowest BCUT2D eigenvalue weighted by atomic mass is 10.3. The number of nitrogens with zero attached hydrogens (tertiary/aromatic N) is 1. The van der Waals surface area contributed by atoms with Gasteiger partial charge in [-0.15, -0.1) is 0 Å². The topological polar surface area (TPSA) is 136 Å². The molecule has 25 heavy (non-hydrogen) atoms. The minimum Gasteiger partial charge on any atom is -0.424 e. The Balaban J connectivity index is 2.04. The van der Waals surface area contributed by atoms with Gasteiger partial charge in [0.1, 0.15) is 17.9 Å². The van der Waals surface area contributed by atoms with Gasteiger partial charge in [0.2, 0.25) is 10.0 Å². The molecule has 0 aliphatic heterocycles. The van der Waals surface area contributed by atoms with Crippen LogP contribution >= 0.6 is 7.60 Å². The molecule has 0 radical (unpaired) electrons. The Bertz CT molecular complexity index is 916. The van der Waals surface area contributed by atoms with E-state index in [0.717, 1.165) is 48.5 Å². The van der Waals surface area contributed by atoms with Gasteiger partial charge in [-0.25, -0.2) is 17.4 Å². The predicted octanol–water partition coefficient (Wildman–Crippen LogP) is 2.23. The smallest absolute Gasteiger partial charge is 0.391 e. The molecule has 1 atom stereocenters. The average Bonchev–Trinajstić information content (AvgIpc) is 2.54. The number of nitro benzene ring substituents is 1. The molecule has 0 fully saturated rings. The first-order chi connectivity index (χ1) is 11.6. The molecule has 0 aliphatic rings. The average molecular weight is 390 g/mol. The van der Waals surface area contributed by atoms with Gasteiger partial charge in [-0.2, -0.15) is 4.72 Å². The summed E-state index contributed by atoms with van der Waals surface area (Å²) in [6.07, 6.45) is -0.941. The third-order valence-corrected chi connectivity index (χ3v) is 5.56. The van der Waals surface area contributed by atoms with Crippen molar-refractivity contribution in [3.8, 4) is 5.75 Å². The van der Waals surface area contributed by atoms with Gasteiger partial charge in [-0.05, 0) is 36.4 Å². The van der Waals surface area contributed by atoms with Gasteiger partial charge >= 0.3 is 7.60 Å². The van der Waals surface area contributed by atoms with E-state index in [0.29, 0.717) is 0 Å². The highest BCUT2D eigenvalue weighted by Gasteiger charge is 2.25. The summed E-state index contributed by atoms with van der Waals surface area (Å²) in [5, 5.41) is 10.5. The summed E-state index contributed by atoms with van der Waals surface area (Å²) < 4.78 is 55.4. The lowest BCUT2D eigenvalue weighted by Crippen LogP contribution is -2.25. The summed E-state index contributed by atoms with van der Waals surface area (Å²) in [6.45, 7) is 0. The molecule has 2 rings (SSSR count). The molecule has 0 aliphatic carbocycles. The Morgan fingerprint density at radius 2 is 1.72 bits per heavy atom. The van der Waals surface area contributed by atoms with Crippen molar-refractivity contribution in [2.75, 3.05) is 6.29 Å². The van der Waals surface area contributed by atoms with E-state index >= 15 is 0 Å². The summed E-state index contributed by atoms with van der Waals surface area (Å²) >= 11 is 0. The van der Waals surface area contributed by atoms with Crippen LogP contribution in [0.3, 0.4) is 0 Å². The SMILES string of the molecule is O=[N+]([O-])c1ccc(OP(=O)(O)CNS(=O)(=O)c2ccc(F)cc2)cc1. The van der Waals surface area contributed by atoms with Crippen molar-refractivity contribution in [1.29, 1.82) is 0 Å². The number of benzene rings is 2. The van der Waals surface area contributed by atoms with E-state index in [1.807, 2.05) is 4.72 Å². The number of nitro groups is 1. The molecule has 0 aromatic heterocycles. The number of sulfonamides is 1. The van der Waals surface area contributed by atoms with Crippen LogP contribution in [0.25, 0.3) is 0 Å². The summed E-state index contributed by atoms with van der Waals surface area (Å²) in [5.74, 6) is -0.773. The molecular weight excluding hydrogens is 378 g/mol. The van der Waals surface area contributed by atoms with Gasteiger partial charge in [-0.1, -0.05) is 0 Å². The molecule has 2 N–H and O–H groups in total. The molecule has 12 heteroatoms. The molecular formula is C13H12FN2O7PS. The number of hydrogen-bond donors (Lipinski definition) is 2. The fourth-order valence-electron chi connectivity index (χ4n) is 1.69. The highest BCUT2D eigenvalue weighted by atomic mass is 32.2. The van der Waals surface area contributed by atoms with Crippen LogP contribution in [0.15, 0.2) is 53.4 Å². The maximum atomic E-state index is 12.8. The predicted molar refractivity (Wildman–Crippen MR) is 85.1 cm³/mol. The maximum absolute atomic E-state index is 12.8. The lowest BCUT2D eigenvalue weighted by Gasteiger charge is -2.14. The Morgan fingerprint density at radius 3 is 2.24 bits per heavy atom. The van der Waals surface area contributed by atoms with Crippen molar-refractivity contribution >= 4 is 23.3 Å². The fourth-order valence-corrected chi connectivity index (χ4v) is 4.20. The maximum Gasteiger partial charge on any atom is 0.391 e. The highest BCUT2D eigenvalue weighted by molar-refractivity contribution is 7.89. The van der Waals surface area contributed by atoms with Crippen molar-refractivity contribution < 1.29 is 31.7 Å². The largest absolute Gasteiger partial charge is 0.424 e. The summed E-state index contributed by atoms with van der Waals surface area (Å²) in [6, 6.07) is 8.20. The van der Waals surface area contributed by atoms with Crippen LogP contribution in [0.5, 0.6) is 5.75 Å². The monoisotopic (exact) mass is 390 g/mol. The number of non-ortho nitro benzene ring substituents is 1. The van der Waals surface area contributed by atoms with Gasteiger partial charge in [0.25, 0.3) is 5.69 Å². The van der Waals surface area contributed by atoms with Crippen molar-refractivity contribution in [3.05, 3.63) is 64.5 Å². The van der Waals surface area contributed by atoms with Crippen LogP contribution in [0.4, 0.5) is 10.1 Å². The Kier molecular flexibility index (Phi) is 5.53.